The van der Waals surface area contributed by atoms with Crippen molar-refractivity contribution >= 4 is 21.8 Å². The molecule has 7 nitrogen and oxygen atoms in total. The van der Waals surface area contributed by atoms with Crippen molar-refractivity contribution in [2.75, 3.05) is 7.05 Å². The summed E-state index contributed by atoms with van der Waals surface area (Å²) in [5.41, 5.74) is 0.232. The van der Waals surface area contributed by atoms with Crippen molar-refractivity contribution in [1.29, 1.82) is 0 Å². The van der Waals surface area contributed by atoms with E-state index in [0.29, 0.717) is 5.76 Å². The average molecular weight is 351 g/mol. The molecule has 3 heterocycles. The van der Waals surface area contributed by atoms with Crippen molar-refractivity contribution in [3.63, 3.8) is 0 Å². The van der Waals surface area contributed by atoms with Gasteiger partial charge in [0.15, 0.2) is 5.76 Å². The predicted octanol–water partition coefficient (Wildman–Crippen LogP) is 1.93. The lowest BCUT2D eigenvalue weighted by molar-refractivity contribution is -0.134. The molecule has 0 aliphatic carbocycles. The smallest absolute Gasteiger partial charge is 0.345 e. The molecular formula is C16H21N3O4S. The minimum Gasteiger partial charge on any atom is -0.463 e. The molecule has 2 atom stereocenters. The van der Waals surface area contributed by atoms with E-state index < -0.39 is 10.2 Å². The SMILES string of the molecule is C[C@H]1CCC[C@H](C)N1C(=O)C1=CC(c2ccco2)=NS(=O)(=O)N1C. The van der Waals surface area contributed by atoms with Crippen LogP contribution in [0.4, 0.5) is 0 Å². The van der Waals surface area contributed by atoms with Crippen LogP contribution in [-0.4, -0.2) is 48.4 Å². The normalized spacial score (nSPS) is 26.8. The van der Waals surface area contributed by atoms with Crippen LogP contribution in [0.25, 0.3) is 0 Å². The molecule has 1 aromatic heterocycles. The van der Waals surface area contributed by atoms with Crippen LogP contribution in [0.1, 0.15) is 38.9 Å². The first-order valence-electron chi connectivity index (χ1n) is 7.98. The Morgan fingerprint density at radius 3 is 2.54 bits per heavy atom. The number of allylic oxidation sites excluding steroid dienone is 1. The van der Waals surface area contributed by atoms with Crippen LogP contribution in [0.5, 0.6) is 0 Å². The predicted molar refractivity (Wildman–Crippen MR) is 89.6 cm³/mol. The van der Waals surface area contributed by atoms with Crippen molar-refractivity contribution in [2.24, 2.45) is 4.40 Å². The van der Waals surface area contributed by atoms with E-state index in [0.717, 1.165) is 23.6 Å². The second kappa shape index (κ2) is 6.08. The molecule has 8 heteroatoms. The van der Waals surface area contributed by atoms with E-state index in [1.54, 1.807) is 17.0 Å². The Bertz CT molecular complexity index is 785. The third-order valence-electron chi connectivity index (χ3n) is 4.59. The van der Waals surface area contributed by atoms with E-state index in [9.17, 15) is 13.2 Å². The Kier molecular flexibility index (Phi) is 4.25. The van der Waals surface area contributed by atoms with E-state index in [2.05, 4.69) is 4.40 Å². The number of rotatable bonds is 2. The van der Waals surface area contributed by atoms with Crippen LogP contribution in [-0.2, 0) is 15.0 Å². The average Bonchev–Trinajstić information content (AvgIpc) is 3.03. The van der Waals surface area contributed by atoms with Gasteiger partial charge in [0.05, 0.1) is 6.26 Å². The van der Waals surface area contributed by atoms with E-state index in [1.807, 2.05) is 13.8 Å². The molecule has 1 fully saturated rings. The third-order valence-corrected chi connectivity index (χ3v) is 5.91. The van der Waals surface area contributed by atoms with Crippen LogP contribution in [0.3, 0.4) is 0 Å². The van der Waals surface area contributed by atoms with Crippen molar-refractivity contribution in [1.82, 2.24) is 9.21 Å². The molecule has 3 rings (SSSR count). The summed E-state index contributed by atoms with van der Waals surface area (Å²) in [6.07, 6.45) is 5.82. The fourth-order valence-electron chi connectivity index (χ4n) is 3.25. The maximum atomic E-state index is 13.1. The molecule has 24 heavy (non-hydrogen) atoms. The van der Waals surface area contributed by atoms with Gasteiger partial charge in [-0.25, -0.2) is 4.31 Å². The van der Waals surface area contributed by atoms with Crippen LogP contribution in [0, 0.1) is 0 Å². The zero-order valence-electron chi connectivity index (χ0n) is 14.0. The van der Waals surface area contributed by atoms with E-state index in [1.165, 1.54) is 19.4 Å². The third kappa shape index (κ3) is 2.86. The second-order valence-electron chi connectivity index (χ2n) is 6.27. The molecule has 130 valence electrons. The van der Waals surface area contributed by atoms with E-state index in [4.69, 9.17) is 4.42 Å². The summed E-state index contributed by atoms with van der Waals surface area (Å²) < 4.78 is 34.6. The first-order chi connectivity index (χ1) is 11.3. The number of nitrogens with zero attached hydrogens (tertiary/aromatic N) is 3. The lowest BCUT2D eigenvalue weighted by Gasteiger charge is -2.40. The van der Waals surface area contributed by atoms with Crippen LogP contribution >= 0.6 is 0 Å². The maximum absolute atomic E-state index is 13.1. The summed E-state index contributed by atoms with van der Waals surface area (Å²) in [5.74, 6) is 0.0245. The number of carbonyl (C=O) groups excluding carboxylic acids is 1. The van der Waals surface area contributed by atoms with Crippen molar-refractivity contribution in [2.45, 2.75) is 45.2 Å². The largest absolute Gasteiger partial charge is 0.463 e. The number of likely N-dealkylation sites (tertiary alicyclic amines) is 1. The fourth-order valence-corrected chi connectivity index (χ4v) is 4.14. The Morgan fingerprint density at radius 1 is 1.29 bits per heavy atom. The highest BCUT2D eigenvalue weighted by molar-refractivity contribution is 7.88. The highest BCUT2D eigenvalue weighted by Gasteiger charge is 2.37. The van der Waals surface area contributed by atoms with Gasteiger partial charge >= 0.3 is 10.2 Å². The monoisotopic (exact) mass is 351 g/mol. The Labute approximate surface area is 141 Å². The molecule has 2 aliphatic rings. The van der Waals surface area contributed by atoms with Gasteiger partial charge in [-0.2, -0.15) is 8.42 Å². The van der Waals surface area contributed by atoms with Gasteiger partial charge in [-0.05, 0) is 51.3 Å². The lowest BCUT2D eigenvalue weighted by Crippen LogP contribution is -2.50. The van der Waals surface area contributed by atoms with Gasteiger partial charge in [0.1, 0.15) is 11.4 Å². The molecule has 0 unspecified atom stereocenters. The molecule has 1 saturated heterocycles. The van der Waals surface area contributed by atoms with Gasteiger partial charge < -0.3 is 9.32 Å². The Hall–Kier alpha value is -2.09. The zero-order valence-corrected chi connectivity index (χ0v) is 14.8. The number of furan rings is 1. The van der Waals surface area contributed by atoms with Crippen LogP contribution in [0.2, 0.25) is 0 Å². The molecule has 0 spiro atoms. The molecule has 1 amide bonds. The summed E-state index contributed by atoms with van der Waals surface area (Å²) >= 11 is 0. The minimum atomic E-state index is -3.96. The first-order valence-corrected chi connectivity index (χ1v) is 9.38. The maximum Gasteiger partial charge on any atom is 0.345 e. The Morgan fingerprint density at radius 2 is 1.96 bits per heavy atom. The summed E-state index contributed by atoms with van der Waals surface area (Å²) in [6, 6.07) is 3.41. The molecule has 0 radical (unpaired) electrons. The molecule has 0 aromatic carbocycles. The molecule has 0 bridgehead atoms. The van der Waals surface area contributed by atoms with Gasteiger partial charge in [0.25, 0.3) is 5.91 Å². The molecule has 2 aliphatic heterocycles. The topological polar surface area (TPSA) is 83.2 Å². The number of hydrogen-bond acceptors (Lipinski definition) is 4. The molecule has 0 N–H and O–H groups in total. The highest BCUT2D eigenvalue weighted by Crippen LogP contribution is 2.27. The van der Waals surface area contributed by atoms with Crippen molar-refractivity contribution in [3.8, 4) is 0 Å². The van der Waals surface area contributed by atoms with Gasteiger partial charge in [-0.15, -0.1) is 4.40 Å². The quantitative estimate of drug-likeness (QED) is 0.815. The number of hydrogen-bond donors (Lipinski definition) is 0. The van der Waals surface area contributed by atoms with E-state index in [-0.39, 0.29) is 29.4 Å². The Balaban J connectivity index is 2.01. The summed E-state index contributed by atoms with van der Waals surface area (Å²) in [7, 11) is -2.61. The number of likely N-dealkylation sites (N-methyl/N-ethyl adjacent to an activating group) is 1. The minimum absolute atomic E-state index is 0.0733. The molecular weight excluding hydrogens is 330 g/mol. The van der Waals surface area contributed by atoms with Gasteiger partial charge in [-0.1, -0.05) is 0 Å². The van der Waals surface area contributed by atoms with Gasteiger partial charge in [-0.3, -0.25) is 4.79 Å². The first kappa shape index (κ1) is 16.8. The summed E-state index contributed by atoms with van der Waals surface area (Å²) in [5, 5.41) is 0. The zero-order chi connectivity index (χ0) is 17.5. The van der Waals surface area contributed by atoms with Gasteiger partial charge in [0.2, 0.25) is 0 Å². The standard InChI is InChI=1S/C16H21N3O4S/c1-11-6-4-7-12(2)19(11)16(20)14-10-13(15-8-5-9-23-15)17-24(21,22)18(14)3/h5,8-12H,4,6-7H2,1-3H3/t11-,12-/m0/s1. The second-order valence-corrected chi connectivity index (χ2v) is 7.90. The van der Waals surface area contributed by atoms with Crippen LogP contribution in [0.15, 0.2) is 39.0 Å². The summed E-state index contributed by atoms with van der Waals surface area (Å²) in [6.45, 7) is 3.99. The molecule has 0 saturated carbocycles. The van der Waals surface area contributed by atoms with E-state index >= 15 is 0 Å². The van der Waals surface area contributed by atoms with Crippen LogP contribution < -0.4 is 0 Å². The lowest BCUT2D eigenvalue weighted by atomic mass is 9.97. The molecule has 1 aromatic rings. The fraction of sp³-hybridized carbons (Fsp3) is 0.500. The van der Waals surface area contributed by atoms with Gasteiger partial charge in [0, 0.05) is 19.1 Å². The van der Waals surface area contributed by atoms with Crippen molar-refractivity contribution in [3.05, 3.63) is 35.9 Å². The highest BCUT2D eigenvalue weighted by atomic mass is 32.2. The van der Waals surface area contributed by atoms with Crippen molar-refractivity contribution < 1.29 is 17.6 Å². The number of piperidine rings is 1. The summed E-state index contributed by atoms with van der Waals surface area (Å²) in [4.78, 5) is 14.8. The number of carbonyl (C=O) groups is 1. The number of amides is 1.